The summed E-state index contributed by atoms with van der Waals surface area (Å²) in [7, 11) is 0. The Morgan fingerprint density at radius 2 is 2.15 bits per heavy atom. The maximum atomic E-state index is 5.60. The molecule has 1 atom stereocenters. The zero-order chi connectivity index (χ0) is 8.97. The minimum atomic E-state index is 0. The molecule has 0 bridgehead atoms. The summed E-state index contributed by atoms with van der Waals surface area (Å²) in [6.45, 7) is 2.65. The Labute approximate surface area is 84.9 Å². The van der Waals surface area contributed by atoms with Crippen molar-refractivity contribution in [2.24, 2.45) is 5.73 Å². The van der Waals surface area contributed by atoms with Gasteiger partial charge >= 0.3 is 0 Å². The van der Waals surface area contributed by atoms with Crippen LogP contribution >= 0.6 is 12.4 Å². The number of benzene rings is 1. The highest BCUT2D eigenvalue weighted by atomic mass is 35.5. The zero-order valence-electron chi connectivity index (χ0n) is 7.66. The van der Waals surface area contributed by atoms with E-state index in [0.717, 1.165) is 11.4 Å². The number of halogens is 1. The average molecular weight is 202 g/mol. The molecule has 0 radical (unpaired) electrons. The molecule has 0 heterocycles. The van der Waals surface area contributed by atoms with Gasteiger partial charge in [-0.1, -0.05) is 6.07 Å². The van der Waals surface area contributed by atoms with E-state index in [0.29, 0.717) is 6.54 Å². The fraction of sp³-hybridized carbons (Fsp3) is 0.333. The summed E-state index contributed by atoms with van der Waals surface area (Å²) in [4.78, 5) is 0. The molecule has 0 saturated heterocycles. The van der Waals surface area contributed by atoms with Crippen molar-refractivity contribution in [2.45, 2.75) is 13.0 Å². The number of anilines is 2. The second-order valence-electron chi connectivity index (χ2n) is 2.91. The van der Waals surface area contributed by atoms with Crippen LogP contribution in [0.1, 0.15) is 6.92 Å². The Morgan fingerprint density at radius 3 is 2.69 bits per heavy atom. The molecule has 0 aromatic heterocycles. The van der Waals surface area contributed by atoms with E-state index in [-0.39, 0.29) is 18.4 Å². The van der Waals surface area contributed by atoms with Crippen molar-refractivity contribution in [3.05, 3.63) is 24.3 Å². The average Bonchev–Trinajstić information content (AvgIpc) is 2.04. The molecule has 0 aliphatic carbocycles. The van der Waals surface area contributed by atoms with Gasteiger partial charge in [0, 0.05) is 24.0 Å². The van der Waals surface area contributed by atoms with Crippen LogP contribution in [0, 0.1) is 0 Å². The fourth-order valence-electron chi connectivity index (χ4n) is 0.972. The summed E-state index contributed by atoms with van der Waals surface area (Å²) in [6, 6.07) is 7.93. The van der Waals surface area contributed by atoms with Gasteiger partial charge in [-0.2, -0.15) is 0 Å². The molecule has 1 unspecified atom stereocenters. The molecule has 0 amide bonds. The maximum absolute atomic E-state index is 5.60. The lowest BCUT2D eigenvalue weighted by Gasteiger charge is -2.12. The molecule has 0 fully saturated rings. The summed E-state index contributed by atoms with van der Waals surface area (Å²) >= 11 is 0. The molecule has 0 aliphatic heterocycles. The van der Waals surface area contributed by atoms with E-state index in [1.165, 1.54) is 0 Å². The van der Waals surface area contributed by atoms with E-state index in [1.807, 2.05) is 31.2 Å². The Balaban J connectivity index is 0.00000144. The minimum Gasteiger partial charge on any atom is -0.399 e. The van der Waals surface area contributed by atoms with Crippen molar-refractivity contribution in [2.75, 3.05) is 17.6 Å². The lowest BCUT2D eigenvalue weighted by atomic mass is 10.2. The molecule has 3 nitrogen and oxygen atoms in total. The monoisotopic (exact) mass is 201 g/mol. The van der Waals surface area contributed by atoms with Crippen LogP contribution in [0.3, 0.4) is 0 Å². The largest absolute Gasteiger partial charge is 0.399 e. The highest BCUT2D eigenvalue weighted by molar-refractivity contribution is 5.85. The van der Waals surface area contributed by atoms with Gasteiger partial charge in [0.25, 0.3) is 0 Å². The molecule has 1 rings (SSSR count). The molecule has 1 aromatic carbocycles. The zero-order valence-corrected chi connectivity index (χ0v) is 8.47. The van der Waals surface area contributed by atoms with Crippen LogP contribution in [0.2, 0.25) is 0 Å². The van der Waals surface area contributed by atoms with Crippen molar-refractivity contribution in [3.8, 4) is 0 Å². The SMILES string of the molecule is CC(CN)Nc1cccc(N)c1.Cl. The third kappa shape index (κ3) is 4.01. The van der Waals surface area contributed by atoms with Gasteiger partial charge in [0.1, 0.15) is 0 Å². The third-order valence-corrected chi connectivity index (χ3v) is 1.65. The normalized spacial score (nSPS) is 11.5. The molecule has 0 spiro atoms. The number of hydrogen-bond donors (Lipinski definition) is 3. The van der Waals surface area contributed by atoms with Crippen molar-refractivity contribution in [1.29, 1.82) is 0 Å². The third-order valence-electron chi connectivity index (χ3n) is 1.65. The van der Waals surface area contributed by atoms with Crippen molar-refractivity contribution in [3.63, 3.8) is 0 Å². The number of nitrogen functional groups attached to an aromatic ring is 1. The van der Waals surface area contributed by atoms with E-state index in [1.54, 1.807) is 0 Å². The summed E-state index contributed by atoms with van der Waals surface area (Å²) in [6.07, 6.45) is 0. The first-order valence-corrected chi connectivity index (χ1v) is 4.04. The van der Waals surface area contributed by atoms with E-state index < -0.39 is 0 Å². The molecule has 1 aromatic rings. The van der Waals surface area contributed by atoms with Crippen LogP contribution in [0.15, 0.2) is 24.3 Å². The van der Waals surface area contributed by atoms with Gasteiger partial charge in [-0.3, -0.25) is 0 Å². The van der Waals surface area contributed by atoms with Crippen LogP contribution in [-0.4, -0.2) is 12.6 Å². The first-order valence-electron chi connectivity index (χ1n) is 4.04. The lowest BCUT2D eigenvalue weighted by molar-refractivity contribution is 0.804. The Kier molecular flexibility index (Phi) is 5.26. The molecular formula is C9H16ClN3. The van der Waals surface area contributed by atoms with Gasteiger partial charge in [-0.25, -0.2) is 0 Å². The first-order chi connectivity index (χ1) is 5.72. The topological polar surface area (TPSA) is 64.1 Å². The number of nitrogens with two attached hydrogens (primary N) is 2. The smallest absolute Gasteiger partial charge is 0.0363 e. The second kappa shape index (κ2) is 5.67. The number of nitrogens with one attached hydrogen (secondary N) is 1. The Morgan fingerprint density at radius 1 is 1.46 bits per heavy atom. The number of rotatable bonds is 3. The molecule has 4 heteroatoms. The lowest BCUT2D eigenvalue weighted by Crippen LogP contribution is -2.25. The summed E-state index contributed by atoms with van der Waals surface area (Å²) in [5.41, 5.74) is 12.9. The van der Waals surface area contributed by atoms with Crippen molar-refractivity contribution in [1.82, 2.24) is 0 Å². The highest BCUT2D eigenvalue weighted by Gasteiger charge is 1.97. The summed E-state index contributed by atoms with van der Waals surface area (Å²) in [5.74, 6) is 0. The standard InChI is InChI=1S/C9H15N3.ClH/c1-7(6-10)12-9-4-2-3-8(11)5-9;/h2-5,7,12H,6,10-11H2,1H3;1H. The fourth-order valence-corrected chi connectivity index (χ4v) is 0.972. The van der Waals surface area contributed by atoms with E-state index in [4.69, 9.17) is 11.5 Å². The quantitative estimate of drug-likeness (QED) is 0.649. The van der Waals surface area contributed by atoms with Crippen LogP contribution in [0.25, 0.3) is 0 Å². The summed E-state index contributed by atoms with van der Waals surface area (Å²) in [5, 5.41) is 3.23. The van der Waals surface area contributed by atoms with Gasteiger partial charge in [0.2, 0.25) is 0 Å². The van der Waals surface area contributed by atoms with Gasteiger partial charge in [0.15, 0.2) is 0 Å². The molecule has 5 N–H and O–H groups in total. The van der Waals surface area contributed by atoms with Crippen molar-refractivity contribution < 1.29 is 0 Å². The predicted molar refractivity (Wildman–Crippen MR) is 60.2 cm³/mol. The molecule has 13 heavy (non-hydrogen) atoms. The molecule has 74 valence electrons. The predicted octanol–water partition coefficient (Wildman–Crippen LogP) is 1.45. The first kappa shape index (κ1) is 12.1. The minimum absolute atomic E-state index is 0. The van der Waals surface area contributed by atoms with Gasteiger partial charge in [-0.05, 0) is 25.1 Å². The maximum Gasteiger partial charge on any atom is 0.0363 e. The van der Waals surface area contributed by atoms with Gasteiger partial charge < -0.3 is 16.8 Å². The van der Waals surface area contributed by atoms with Crippen molar-refractivity contribution >= 4 is 23.8 Å². The van der Waals surface area contributed by atoms with E-state index >= 15 is 0 Å². The van der Waals surface area contributed by atoms with Crippen LogP contribution in [0.4, 0.5) is 11.4 Å². The van der Waals surface area contributed by atoms with Gasteiger partial charge in [0.05, 0.1) is 0 Å². The van der Waals surface area contributed by atoms with Gasteiger partial charge in [-0.15, -0.1) is 12.4 Å². The van der Waals surface area contributed by atoms with Crippen LogP contribution in [-0.2, 0) is 0 Å². The molecule has 0 aliphatic rings. The molecule has 0 saturated carbocycles. The highest BCUT2D eigenvalue weighted by Crippen LogP contribution is 2.12. The summed E-state index contributed by atoms with van der Waals surface area (Å²) < 4.78 is 0. The Bertz CT molecular complexity index is 252. The van der Waals surface area contributed by atoms with Crippen LogP contribution < -0.4 is 16.8 Å². The Hall–Kier alpha value is -0.930. The van der Waals surface area contributed by atoms with E-state index in [9.17, 15) is 0 Å². The van der Waals surface area contributed by atoms with Crippen LogP contribution in [0.5, 0.6) is 0 Å². The molecular weight excluding hydrogens is 186 g/mol. The second-order valence-corrected chi connectivity index (χ2v) is 2.91. The number of hydrogen-bond acceptors (Lipinski definition) is 3. The van der Waals surface area contributed by atoms with E-state index in [2.05, 4.69) is 5.32 Å².